The molecule has 0 heterocycles. The number of carboxylic acid groups (broad SMARTS) is 1. The van der Waals surface area contributed by atoms with Crippen molar-refractivity contribution in [2.75, 3.05) is 33.7 Å². The summed E-state index contributed by atoms with van der Waals surface area (Å²) in [6.07, 6.45) is 0. The van der Waals surface area contributed by atoms with Crippen LogP contribution in [0, 0.1) is 5.82 Å². The average Bonchev–Trinajstić information content (AvgIpc) is 2.33. The monoisotopic (exact) mass is 268 g/mol. The van der Waals surface area contributed by atoms with Crippen LogP contribution in [0.3, 0.4) is 0 Å². The summed E-state index contributed by atoms with van der Waals surface area (Å²) in [5.74, 6) is -1.17. The molecule has 0 saturated carbocycles. The fraction of sp³-hybridized carbons (Fsp3) is 0.500. The van der Waals surface area contributed by atoms with Gasteiger partial charge in [0.25, 0.3) is 0 Å². The molecule has 1 unspecified atom stereocenters. The highest BCUT2D eigenvalue weighted by molar-refractivity contribution is 5.69. The molecular weight excluding hydrogens is 247 g/mol. The zero-order valence-corrected chi connectivity index (χ0v) is 11.6. The van der Waals surface area contributed by atoms with Crippen molar-refractivity contribution in [2.24, 2.45) is 0 Å². The predicted molar refractivity (Wildman–Crippen MR) is 72.6 cm³/mol. The minimum atomic E-state index is -0.873. The van der Waals surface area contributed by atoms with Gasteiger partial charge < -0.3 is 10.0 Å². The molecular formula is C14H21FN2O2. The minimum absolute atomic E-state index is 0.0501. The molecule has 0 saturated heterocycles. The van der Waals surface area contributed by atoms with Gasteiger partial charge in [-0.25, -0.2) is 4.39 Å². The summed E-state index contributed by atoms with van der Waals surface area (Å²) < 4.78 is 13.2. The van der Waals surface area contributed by atoms with Crippen molar-refractivity contribution >= 4 is 5.97 Å². The van der Waals surface area contributed by atoms with E-state index in [2.05, 4.69) is 0 Å². The van der Waals surface area contributed by atoms with E-state index < -0.39 is 5.97 Å². The van der Waals surface area contributed by atoms with Gasteiger partial charge in [-0.3, -0.25) is 9.69 Å². The Morgan fingerprint density at radius 1 is 1.37 bits per heavy atom. The third-order valence-electron chi connectivity index (χ3n) is 3.05. The Balaban J connectivity index is 2.80. The SMILES string of the molecule is CC(c1cccc(F)c1)N(CCN(C)C)CC(=O)O. The molecule has 0 radical (unpaired) electrons. The molecule has 0 fully saturated rings. The molecule has 0 amide bonds. The van der Waals surface area contributed by atoms with Crippen LogP contribution in [-0.2, 0) is 4.79 Å². The number of hydrogen-bond acceptors (Lipinski definition) is 3. The Morgan fingerprint density at radius 2 is 2.05 bits per heavy atom. The van der Waals surface area contributed by atoms with Gasteiger partial charge in [0.1, 0.15) is 5.82 Å². The van der Waals surface area contributed by atoms with E-state index >= 15 is 0 Å². The lowest BCUT2D eigenvalue weighted by molar-refractivity contribution is -0.138. The van der Waals surface area contributed by atoms with E-state index in [9.17, 15) is 9.18 Å². The maximum Gasteiger partial charge on any atom is 0.317 e. The second-order valence-electron chi connectivity index (χ2n) is 4.90. The van der Waals surface area contributed by atoms with E-state index in [4.69, 9.17) is 5.11 Å². The average molecular weight is 268 g/mol. The van der Waals surface area contributed by atoms with E-state index in [1.807, 2.05) is 36.9 Å². The number of nitrogens with zero attached hydrogens (tertiary/aromatic N) is 2. The molecule has 19 heavy (non-hydrogen) atoms. The largest absolute Gasteiger partial charge is 0.480 e. The van der Waals surface area contributed by atoms with E-state index in [1.165, 1.54) is 12.1 Å². The molecule has 1 atom stereocenters. The molecule has 1 aromatic rings. The number of likely N-dealkylation sites (N-methyl/N-ethyl adjacent to an activating group) is 1. The van der Waals surface area contributed by atoms with Crippen LogP contribution in [0.2, 0.25) is 0 Å². The van der Waals surface area contributed by atoms with Gasteiger partial charge in [0.2, 0.25) is 0 Å². The normalized spacial score (nSPS) is 12.9. The van der Waals surface area contributed by atoms with Crippen LogP contribution in [0.15, 0.2) is 24.3 Å². The standard InChI is InChI=1S/C14H21FN2O2/c1-11(12-5-4-6-13(15)9-12)17(10-14(18)19)8-7-16(2)3/h4-6,9,11H,7-8,10H2,1-3H3,(H,18,19). The number of rotatable bonds is 7. The van der Waals surface area contributed by atoms with Gasteiger partial charge in [-0.2, -0.15) is 0 Å². The third-order valence-corrected chi connectivity index (χ3v) is 3.05. The maximum atomic E-state index is 13.2. The zero-order chi connectivity index (χ0) is 14.4. The summed E-state index contributed by atoms with van der Waals surface area (Å²) in [4.78, 5) is 14.8. The molecule has 0 aliphatic carbocycles. The summed E-state index contributed by atoms with van der Waals surface area (Å²) in [6, 6.07) is 6.17. The summed E-state index contributed by atoms with van der Waals surface area (Å²) >= 11 is 0. The predicted octanol–water partition coefficient (Wildman–Crippen LogP) is 1.83. The number of benzene rings is 1. The molecule has 0 bridgehead atoms. The van der Waals surface area contributed by atoms with Crippen LogP contribution >= 0.6 is 0 Å². The smallest absolute Gasteiger partial charge is 0.317 e. The van der Waals surface area contributed by atoms with Crippen LogP contribution in [-0.4, -0.2) is 54.6 Å². The first-order valence-electron chi connectivity index (χ1n) is 6.26. The second kappa shape index (κ2) is 7.21. The van der Waals surface area contributed by atoms with Gasteiger partial charge in [-0.15, -0.1) is 0 Å². The number of aliphatic carboxylic acids is 1. The summed E-state index contributed by atoms with van der Waals surface area (Å²) in [7, 11) is 3.87. The number of carbonyl (C=O) groups is 1. The highest BCUT2D eigenvalue weighted by Gasteiger charge is 2.18. The molecule has 1 aromatic carbocycles. The van der Waals surface area contributed by atoms with Crippen LogP contribution in [0.25, 0.3) is 0 Å². The Hall–Kier alpha value is -1.46. The molecule has 5 heteroatoms. The highest BCUT2D eigenvalue weighted by atomic mass is 19.1. The van der Waals surface area contributed by atoms with Crippen molar-refractivity contribution in [3.05, 3.63) is 35.6 Å². The van der Waals surface area contributed by atoms with Crippen LogP contribution in [0.5, 0.6) is 0 Å². The quantitative estimate of drug-likeness (QED) is 0.819. The minimum Gasteiger partial charge on any atom is -0.480 e. The second-order valence-corrected chi connectivity index (χ2v) is 4.90. The van der Waals surface area contributed by atoms with Gasteiger partial charge in [0.05, 0.1) is 6.54 Å². The molecule has 1 rings (SSSR count). The van der Waals surface area contributed by atoms with Crippen molar-refractivity contribution in [1.82, 2.24) is 9.80 Å². The van der Waals surface area contributed by atoms with Gasteiger partial charge in [0.15, 0.2) is 0 Å². The lowest BCUT2D eigenvalue weighted by Crippen LogP contribution is -2.37. The zero-order valence-electron chi connectivity index (χ0n) is 11.6. The van der Waals surface area contributed by atoms with Crippen molar-refractivity contribution in [1.29, 1.82) is 0 Å². The summed E-state index contributed by atoms with van der Waals surface area (Å²) in [6.45, 7) is 3.23. The van der Waals surface area contributed by atoms with Gasteiger partial charge >= 0.3 is 5.97 Å². The first kappa shape index (κ1) is 15.6. The Morgan fingerprint density at radius 3 is 2.58 bits per heavy atom. The lowest BCUT2D eigenvalue weighted by atomic mass is 10.1. The number of hydrogen-bond donors (Lipinski definition) is 1. The third kappa shape index (κ3) is 5.36. The fourth-order valence-electron chi connectivity index (χ4n) is 1.89. The Bertz CT molecular complexity index is 424. The van der Waals surface area contributed by atoms with Crippen molar-refractivity contribution in [3.8, 4) is 0 Å². The molecule has 0 aromatic heterocycles. The van der Waals surface area contributed by atoms with E-state index in [-0.39, 0.29) is 18.4 Å². The summed E-state index contributed by atoms with van der Waals surface area (Å²) in [5.41, 5.74) is 0.792. The van der Waals surface area contributed by atoms with E-state index in [0.717, 1.165) is 12.1 Å². The molecule has 4 nitrogen and oxygen atoms in total. The van der Waals surface area contributed by atoms with Crippen LogP contribution < -0.4 is 0 Å². The Labute approximate surface area is 113 Å². The Kier molecular flexibility index (Phi) is 5.92. The van der Waals surface area contributed by atoms with Gasteiger partial charge in [-0.05, 0) is 38.7 Å². The first-order chi connectivity index (χ1) is 8.90. The van der Waals surface area contributed by atoms with Crippen molar-refractivity contribution in [2.45, 2.75) is 13.0 Å². The van der Waals surface area contributed by atoms with E-state index in [1.54, 1.807) is 6.07 Å². The van der Waals surface area contributed by atoms with E-state index in [0.29, 0.717) is 6.54 Å². The molecule has 0 aliphatic heterocycles. The first-order valence-corrected chi connectivity index (χ1v) is 6.26. The number of carboxylic acids is 1. The number of halogens is 1. The molecule has 0 aliphatic rings. The fourth-order valence-corrected chi connectivity index (χ4v) is 1.89. The highest BCUT2D eigenvalue weighted by Crippen LogP contribution is 2.20. The van der Waals surface area contributed by atoms with Gasteiger partial charge in [-0.1, -0.05) is 12.1 Å². The van der Waals surface area contributed by atoms with Gasteiger partial charge in [0, 0.05) is 19.1 Å². The topological polar surface area (TPSA) is 43.8 Å². The van der Waals surface area contributed by atoms with Crippen LogP contribution in [0.1, 0.15) is 18.5 Å². The molecule has 106 valence electrons. The lowest BCUT2D eigenvalue weighted by Gasteiger charge is -2.29. The van der Waals surface area contributed by atoms with Crippen LogP contribution in [0.4, 0.5) is 4.39 Å². The van der Waals surface area contributed by atoms with Crippen molar-refractivity contribution in [3.63, 3.8) is 0 Å². The molecule has 1 N–H and O–H groups in total. The molecule has 0 spiro atoms. The summed E-state index contributed by atoms with van der Waals surface area (Å²) in [5, 5.41) is 8.97. The van der Waals surface area contributed by atoms with Crippen molar-refractivity contribution < 1.29 is 14.3 Å². The maximum absolute atomic E-state index is 13.2.